The van der Waals surface area contributed by atoms with Gasteiger partial charge in [-0.25, -0.2) is 13.2 Å². The Morgan fingerprint density at radius 2 is 2.29 bits per heavy atom. The van der Waals surface area contributed by atoms with E-state index in [9.17, 15) is 13.2 Å². The molecule has 1 aromatic rings. The molecule has 0 saturated carbocycles. The molecule has 0 unspecified atom stereocenters. The van der Waals surface area contributed by atoms with E-state index in [1.165, 1.54) is 5.38 Å². The van der Waals surface area contributed by atoms with Gasteiger partial charge in [-0.1, -0.05) is 12.8 Å². The van der Waals surface area contributed by atoms with Crippen molar-refractivity contribution in [1.82, 2.24) is 4.31 Å². The van der Waals surface area contributed by atoms with Crippen LogP contribution in [-0.4, -0.2) is 36.9 Å². The molecule has 5 nitrogen and oxygen atoms in total. The molecular formula is C10H11NO4S2. The highest BCUT2D eigenvalue weighted by Gasteiger charge is 2.24. The number of thiophene rings is 1. The first-order valence-corrected chi connectivity index (χ1v) is 7.01. The zero-order valence-electron chi connectivity index (χ0n) is 9.08. The highest BCUT2D eigenvalue weighted by molar-refractivity contribution is 7.89. The molecule has 1 rings (SSSR count). The summed E-state index contributed by atoms with van der Waals surface area (Å²) in [5.41, 5.74) is 0. The molecule has 0 atom stereocenters. The van der Waals surface area contributed by atoms with Crippen molar-refractivity contribution in [2.75, 3.05) is 13.1 Å². The van der Waals surface area contributed by atoms with Gasteiger partial charge in [-0.3, -0.25) is 0 Å². The summed E-state index contributed by atoms with van der Waals surface area (Å²) in [4.78, 5) is 10.6. The lowest BCUT2D eigenvalue weighted by molar-refractivity contribution is 0.0702. The number of rotatable bonds is 5. The standard InChI is InChI=1S/C10H11NO4S2/c1-3-5-11(4-2)17(14,15)8-6-9(10(12)13)16-7-8/h1,6-7H,4-5H2,2H3,(H,12,13). The molecule has 0 bridgehead atoms. The summed E-state index contributed by atoms with van der Waals surface area (Å²) >= 11 is 0.873. The number of carboxylic acid groups (broad SMARTS) is 1. The van der Waals surface area contributed by atoms with E-state index in [4.69, 9.17) is 11.5 Å². The normalized spacial score (nSPS) is 11.4. The molecule has 92 valence electrons. The quantitative estimate of drug-likeness (QED) is 0.815. The van der Waals surface area contributed by atoms with Gasteiger partial charge in [0.1, 0.15) is 4.88 Å². The van der Waals surface area contributed by atoms with E-state index in [-0.39, 0.29) is 22.9 Å². The van der Waals surface area contributed by atoms with E-state index < -0.39 is 16.0 Å². The number of carboxylic acids is 1. The van der Waals surface area contributed by atoms with Crippen LogP contribution in [0.5, 0.6) is 0 Å². The Balaban J connectivity index is 3.12. The van der Waals surface area contributed by atoms with Crippen LogP contribution in [0.3, 0.4) is 0 Å². The summed E-state index contributed by atoms with van der Waals surface area (Å²) in [6, 6.07) is 1.14. The van der Waals surface area contributed by atoms with Gasteiger partial charge in [0.2, 0.25) is 10.0 Å². The lowest BCUT2D eigenvalue weighted by Gasteiger charge is -2.16. The third kappa shape index (κ3) is 2.85. The van der Waals surface area contributed by atoms with Crippen LogP contribution in [0.1, 0.15) is 16.6 Å². The summed E-state index contributed by atoms with van der Waals surface area (Å²) in [6.45, 7) is 1.88. The highest BCUT2D eigenvalue weighted by atomic mass is 32.2. The van der Waals surface area contributed by atoms with Crippen molar-refractivity contribution in [3.05, 3.63) is 16.3 Å². The van der Waals surface area contributed by atoms with Crippen molar-refractivity contribution in [1.29, 1.82) is 0 Å². The molecule has 0 spiro atoms. The van der Waals surface area contributed by atoms with E-state index in [0.29, 0.717) is 0 Å². The predicted octanol–water partition coefficient (Wildman–Crippen LogP) is 1.09. The Morgan fingerprint density at radius 1 is 1.65 bits per heavy atom. The number of terminal acetylenes is 1. The first kappa shape index (κ1) is 13.7. The second kappa shape index (κ2) is 5.31. The molecule has 0 aliphatic heterocycles. The first-order chi connectivity index (χ1) is 7.93. The molecule has 0 radical (unpaired) electrons. The Bertz CT molecular complexity index is 553. The maximum absolute atomic E-state index is 12.0. The molecule has 0 fully saturated rings. The average molecular weight is 273 g/mol. The number of nitrogens with zero attached hydrogens (tertiary/aromatic N) is 1. The summed E-state index contributed by atoms with van der Waals surface area (Å²) < 4.78 is 25.2. The fraction of sp³-hybridized carbons (Fsp3) is 0.300. The number of carbonyl (C=O) groups is 1. The van der Waals surface area contributed by atoms with Gasteiger partial charge < -0.3 is 5.11 Å². The van der Waals surface area contributed by atoms with E-state index in [0.717, 1.165) is 21.7 Å². The molecule has 1 N–H and O–H groups in total. The van der Waals surface area contributed by atoms with Gasteiger partial charge >= 0.3 is 5.97 Å². The molecule has 7 heteroatoms. The van der Waals surface area contributed by atoms with Crippen molar-refractivity contribution in [2.45, 2.75) is 11.8 Å². The van der Waals surface area contributed by atoms with E-state index in [1.54, 1.807) is 6.92 Å². The highest BCUT2D eigenvalue weighted by Crippen LogP contribution is 2.22. The number of hydrogen-bond donors (Lipinski definition) is 1. The van der Waals surface area contributed by atoms with Crippen LogP contribution in [0.15, 0.2) is 16.3 Å². The second-order valence-electron chi connectivity index (χ2n) is 3.09. The monoisotopic (exact) mass is 273 g/mol. The topological polar surface area (TPSA) is 74.7 Å². The maximum Gasteiger partial charge on any atom is 0.345 e. The van der Waals surface area contributed by atoms with E-state index in [1.807, 2.05) is 0 Å². The molecule has 1 aromatic heterocycles. The van der Waals surface area contributed by atoms with Gasteiger partial charge in [0.05, 0.1) is 11.4 Å². The molecule has 1 heterocycles. The van der Waals surface area contributed by atoms with Crippen molar-refractivity contribution < 1.29 is 18.3 Å². The van der Waals surface area contributed by atoms with Gasteiger partial charge in [0.25, 0.3) is 0 Å². The van der Waals surface area contributed by atoms with Crippen molar-refractivity contribution >= 4 is 27.3 Å². The molecule has 0 aromatic carbocycles. The largest absolute Gasteiger partial charge is 0.477 e. The molecule has 0 amide bonds. The second-order valence-corrected chi connectivity index (χ2v) is 5.94. The number of hydrogen-bond acceptors (Lipinski definition) is 4. The third-order valence-corrected chi connectivity index (χ3v) is 5.01. The molecule has 0 aliphatic carbocycles. The van der Waals surface area contributed by atoms with Crippen LogP contribution in [0.2, 0.25) is 0 Å². The first-order valence-electron chi connectivity index (χ1n) is 4.69. The summed E-state index contributed by atoms with van der Waals surface area (Å²) in [7, 11) is -3.69. The van der Waals surface area contributed by atoms with Crippen LogP contribution in [-0.2, 0) is 10.0 Å². The fourth-order valence-corrected chi connectivity index (χ4v) is 3.65. The van der Waals surface area contributed by atoms with Crippen molar-refractivity contribution in [2.24, 2.45) is 0 Å². The van der Waals surface area contributed by atoms with Gasteiger partial charge in [0.15, 0.2) is 0 Å². The van der Waals surface area contributed by atoms with Crippen molar-refractivity contribution in [3.63, 3.8) is 0 Å². The van der Waals surface area contributed by atoms with E-state index >= 15 is 0 Å². The zero-order chi connectivity index (χ0) is 13.1. The Morgan fingerprint density at radius 3 is 2.71 bits per heavy atom. The van der Waals surface area contributed by atoms with Crippen LogP contribution in [0.25, 0.3) is 0 Å². The fourth-order valence-electron chi connectivity index (χ4n) is 1.18. The molecular weight excluding hydrogens is 262 g/mol. The molecule has 17 heavy (non-hydrogen) atoms. The Hall–Kier alpha value is -1.36. The lowest BCUT2D eigenvalue weighted by atomic mass is 10.5. The number of aromatic carboxylic acids is 1. The molecule has 0 aliphatic rings. The van der Waals surface area contributed by atoms with E-state index in [2.05, 4.69) is 5.92 Å². The minimum atomic E-state index is -3.69. The van der Waals surface area contributed by atoms with Gasteiger partial charge in [0, 0.05) is 11.9 Å². The Kier molecular flexibility index (Phi) is 4.28. The smallest absolute Gasteiger partial charge is 0.345 e. The van der Waals surface area contributed by atoms with Crippen LogP contribution >= 0.6 is 11.3 Å². The maximum atomic E-state index is 12.0. The van der Waals surface area contributed by atoms with Crippen LogP contribution in [0.4, 0.5) is 0 Å². The van der Waals surface area contributed by atoms with Crippen LogP contribution < -0.4 is 0 Å². The minimum Gasteiger partial charge on any atom is -0.477 e. The van der Waals surface area contributed by atoms with Gasteiger partial charge in [-0.2, -0.15) is 4.31 Å². The molecule has 0 saturated heterocycles. The predicted molar refractivity (Wildman–Crippen MR) is 64.5 cm³/mol. The minimum absolute atomic E-state index is 0.0136. The van der Waals surface area contributed by atoms with Crippen LogP contribution in [0, 0.1) is 12.3 Å². The van der Waals surface area contributed by atoms with Crippen molar-refractivity contribution in [3.8, 4) is 12.3 Å². The number of sulfonamides is 1. The van der Waals surface area contributed by atoms with Gasteiger partial charge in [-0.05, 0) is 6.07 Å². The third-order valence-electron chi connectivity index (χ3n) is 2.04. The van der Waals surface area contributed by atoms with Gasteiger partial charge in [-0.15, -0.1) is 17.8 Å². The lowest BCUT2D eigenvalue weighted by Crippen LogP contribution is -2.30. The zero-order valence-corrected chi connectivity index (χ0v) is 10.7. The average Bonchev–Trinajstić information content (AvgIpc) is 2.75. The SMILES string of the molecule is C#CCN(CC)S(=O)(=O)c1csc(C(=O)O)c1. The summed E-state index contributed by atoms with van der Waals surface area (Å²) in [5.74, 6) is 1.12. The summed E-state index contributed by atoms with van der Waals surface area (Å²) in [6.07, 6.45) is 5.09. The Labute approximate surface area is 104 Å². The summed E-state index contributed by atoms with van der Waals surface area (Å²) in [5, 5.41) is 10.0.